The van der Waals surface area contributed by atoms with Gasteiger partial charge in [-0.2, -0.15) is 0 Å². The number of pyridine rings is 1. The minimum absolute atomic E-state index is 0.0564. The number of ether oxygens (including phenoxy) is 1. The molecule has 0 bridgehead atoms. The first-order chi connectivity index (χ1) is 17.3. The molecule has 2 aromatic carbocycles. The number of aromatic nitrogens is 1. The molecular formula is C26H25FN4O4S. The van der Waals surface area contributed by atoms with E-state index in [1.54, 1.807) is 27.7 Å². The zero-order valence-electron chi connectivity index (χ0n) is 19.7. The van der Waals surface area contributed by atoms with E-state index in [-0.39, 0.29) is 23.4 Å². The Morgan fingerprint density at radius 1 is 1.19 bits per heavy atom. The summed E-state index contributed by atoms with van der Waals surface area (Å²) in [4.78, 5) is 39.2. The number of nitrogens with one attached hydrogen (secondary N) is 2. The topological polar surface area (TPSA) is 92.7 Å². The van der Waals surface area contributed by atoms with Gasteiger partial charge in [-0.15, -0.1) is 11.8 Å². The summed E-state index contributed by atoms with van der Waals surface area (Å²) < 4.78 is 22.1. The van der Waals surface area contributed by atoms with E-state index >= 15 is 0 Å². The number of anilines is 2. The minimum Gasteiger partial charge on any atom is -0.444 e. The Morgan fingerprint density at radius 3 is 2.89 bits per heavy atom. The van der Waals surface area contributed by atoms with Crippen LogP contribution in [0, 0.1) is 5.82 Å². The quantitative estimate of drug-likeness (QED) is 0.492. The molecule has 6 rings (SSSR count). The zero-order chi connectivity index (χ0) is 25.0. The number of amides is 2. The number of halogens is 1. The largest absolute Gasteiger partial charge is 0.444 e. The zero-order valence-corrected chi connectivity index (χ0v) is 20.5. The van der Waals surface area contributed by atoms with Crippen LogP contribution in [-0.4, -0.2) is 41.5 Å². The number of carbonyl (C=O) groups is 2. The first-order valence-corrected chi connectivity index (χ1v) is 12.9. The summed E-state index contributed by atoms with van der Waals surface area (Å²) in [5.41, 5.74) is 1.72. The lowest BCUT2D eigenvalue weighted by molar-refractivity contribution is -0.113. The van der Waals surface area contributed by atoms with E-state index in [0.717, 1.165) is 10.3 Å². The van der Waals surface area contributed by atoms with Crippen LogP contribution in [0.5, 0.6) is 0 Å². The third-order valence-corrected chi connectivity index (χ3v) is 8.20. The van der Waals surface area contributed by atoms with E-state index < -0.39 is 11.6 Å². The highest BCUT2D eigenvalue weighted by atomic mass is 32.2. The number of hydrogen-bond donors (Lipinski definition) is 2. The molecule has 2 amide bonds. The predicted molar refractivity (Wildman–Crippen MR) is 136 cm³/mol. The van der Waals surface area contributed by atoms with Gasteiger partial charge in [0.05, 0.1) is 29.0 Å². The Kier molecular flexibility index (Phi) is 5.53. The van der Waals surface area contributed by atoms with E-state index in [1.807, 2.05) is 19.1 Å². The van der Waals surface area contributed by atoms with E-state index in [0.29, 0.717) is 60.7 Å². The lowest BCUT2D eigenvalue weighted by Crippen LogP contribution is -2.42. The molecular weight excluding hydrogens is 483 g/mol. The van der Waals surface area contributed by atoms with Crippen LogP contribution in [-0.2, 0) is 21.6 Å². The molecule has 3 aromatic rings. The van der Waals surface area contributed by atoms with E-state index in [1.165, 1.54) is 23.9 Å². The van der Waals surface area contributed by atoms with Crippen molar-refractivity contribution in [1.82, 2.24) is 9.88 Å². The lowest BCUT2D eigenvalue weighted by atomic mass is 9.92. The van der Waals surface area contributed by atoms with Gasteiger partial charge in [-0.3, -0.25) is 14.5 Å². The molecule has 10 heteroatoms. The molecule has 3 aliphatic rings. The van der Waals surface area contributed by atoms with Crippen molar-refractivity contribution in [2.24, 2.45) is 0 Å². The smallest absolute Gasteiger partial charge is 0.414 e. The number of cyclic esters (lactones) is 1. The molecule has 0 spiro atoms. The molecule has 0 saturated carbocycles. The van der Waals surface area contributed by atoms with Crippen molar-refractivity contribution in [1.29, 1.82) is 0 Å². The molecule has 1 fully saturated rings. The van der Waals surface area contributed by atoms with Gasteiger partial charge < -0.3 is 19.9 Å². The fourth-order valence-electron chi connectivity index (χ4n) is 5.41. The number of thioether (sulfide) groups is 1. The van der Waals surface area contributed by atoms with Gasteiger partial charge in [0.25, 0.3) is 5.56 Å². The molecule has 4 heterocycles. The Hall–Kier alpha value is -3.37. The van der Waals surface area contributed by atoms with Crippen molar-refractivity contribution in [2.75, 3.05) is 29.1 Å². The average Bonchev–Trinajstić information content (AvgIpc) is 3.39. The van der Waals surface area contributed by atoms with Crippen LogP contribution in [0.3, 0.4) is 0 Å². The van der Waals surface area contributed by atoms with Gasteiger partial charge in [-0.25, -0.2) is 9.18 Å². The van der Waals surface area contributed by atoms with Crippen molar-refractivity contribution in [2.45, 2.75) is 42.8 Å². The highest BCUT2D eigenvalue weighted by molar-refractivity contribution is 8.00. The third-order valence-electron chi connectivity index (χ3n) is 7.13. The monoisotopic (exact) mass is 508 g/mol. The molecule has 186 valence electrons. The van der Waals surface area contributed by atoms with Crippen LogP contribution in [0.15, 0.2) is 52.2 Å². The second-order valence-electron chi connectivity index (χ2n) is 9.65. The first-order valence-electron chi connectivity index (χ1n) is 11.9. The normalized spacial score (nSPS) is 22.6. The van der Waals surface area contributed by atoms with E-state index in [9.17, 15) is 18.8 Å². The number of fused-ring (bicyclic) bond motifs is 1. The standard InChI is InChI=1S/C26H25FN4O4S/c1-26(14-31-22(33)9-5-15-4-7-18(27)23(26)24(15)31)28-10-2-3-17-12-30(25(34)35-17)16-6-8-20-19(11-16)29-21(32)13-36-20/h4-9,11,17,28H,2-3,10,12-14H2,1H3,(H,29,32)/t17-,26?/m1/s1. The Labute approximate surface area is 210 Å². The summed E-state index contributed by atoms with van der Waals surface area (Å²) in [6.07, 6.45) is 0.675. The van der Waals surface area contributed by atoms with Gasteiger partial charge in [0.1, 0.15) is 11.9 Å². The third kappa shape index (κ3) is 3.84. The summed E-state index contributed by atoms with van der Waals surface area (Å²) >= 11 is 1.47. The van der Waals surface area contributed by atoms with Crippen molar-refractivity contribution in [3.8, 4) is 0 Å². The van der Waals surface area contributed by atoms with Gasteiger partial charge in [0, 0.05) is 28.8 Å². The minimum atomic E-state index is -0.707. The summed E-state index contributed by atoms with van der Waals surface area (Å²) in [5.74, 6) is 0.00569. The van der Waals surface area contributed by atoms with Crippen LogP contribution in [0.2, 0.25) is 0 Å². The summed E-state index contributed by atoms with van der Waals surface area (Å²) in [6.45, 7) is 3.27. The molecule has 2 atom stereocenters. The van der Waals surface area contributed by atoms with Crippen LogP contribution in [0.4, 0.5) is 20.6 Å². The van der Waals surface area contributed by atoms with Crippen molar-refractivity contribution in [3.63, 3.8) is 0 Å². The van der Waals surface area contributed by atoms with Crippen molar-refractivity contribution in [3.05, 3.63) is 64.2 Å². The molecule has 8 nitrogen and oxygen atoms in total. The molecule has 1 unspecified atom stereocenters. The summed E-state index contributed by atoms with van der Waals surface area (Å²) in [5, 5.41) is 7.14. The highest BCUT2D eigenvalue weighted by Crippen LogP contribution is 2.38. The summed E-state index contributed by atoms with van der Waals surface area (Å²) in [7, 11) is 0. The van der Waals surface area contributed by atoms with Gasteiger partial charge in [0.15, 0.2) is 0 Å². The SMILES string of the molecule is CC1(NCCC[C@@H]2CN(c3ccc4c(c3)NC(=O)CS4)C(=O)O2)Cn2c(=O)ccc3ccc(F)c1c32. The van der Waals surface area contributed by atoms with E-state index in [2.05, 4.69) is 10.6 Å². The van der Waals surface area contributed by atoms with Gasteiger partial charge in [-0.05, 0) is 68.1 Å². The fourth-order valence-corrected chi connectivity index (χ4v) is 6.19. The number of benzene rings is 2. The maximum atomic E-state index is 14.9. The fraction of sp³-hybridized carbons (Fsp3) is 0.346. The number of hydrogen-bond acceptors (Lipinski definition) is 6. The number of nitrogens with zero attached hydrogens (tertiary/aromatic N) is 2. The number of carbonyl (C=O) groups excluding carboxylic acids is 2. The van der Waals surface area contributed by atoms with Crippen LogP contribution in [0.25, 0.3) is 10.9 Å². The highest BCUT2D eigenvalue weighted by Gasteiger charge is 2.39. The van der Waals surface area contributed by atoms with Gasteiger partial charge in [0.2, 0.25) is 5.91 Å². The maximum Gasteiger partial charge on any atom is 0.414 e. The van der Waals surface area contributed by atoms with Crippen molar-refractivity contribution < 1.29 is 18.7 Å². The van der Waals surface area contributed by atoms with Crippen LogP contribution >= 0.6 is 11.8 Å². The van der Waals surface area contributed by atoms with E-state index in [4.69, 9.17) is 4.74 Å². The van der Waals surface area contributed by atoms with Crippen molar-refractivity contribution >= 4 is 46.0 Å². The Morgan fingerprint density at radius 2 is 2.03 bits per heavy atom. The summed E-state index contributed by atoms with van der Waals surface area (Å²) in [6, 6.07) is 12.0. The molecule has 2 N–H and O–H groups in total. The second-order valence-corrected chi connectivity index (χ2v) is 10.7. The second kappa shape index (κ2) is 8.63. The maximum absolute atomic E-state index is 14.9. The molecule has 36 heavy (non-hydrogen) atoms. The Balaban J connectivity index is 1.09. The average molecular weight is 509 g/mol. The lowest BCUT2D eigenvalue weighted by Gasteiger charge is -2.27. The first kappa shape index (κ1) is 23.1. The molecule has 0 aliphatic carbocycles. The number of rotatable bonds is 6. The van der Waals surface area contributed by atoms with Gasteiger partial charge >= 0.3 is 6.09 Å². The van der Waals surface area contributed by atoms with Gasteiger partial charge in [-0.1, -0.05) is 0 Å². The predicted octanol–water partition coefficient (Wildman–Crippen LogP) is 3.81. The molecule has 1 saturated heterocycles. The molecule has 3 aliphatic heterocycles. The molecule has 0 radical (unpaired) electrons. The Bertz CT molecular complexity index is 1470. The molecule has 1 aromatic heterocycles. The van der Waals surface area contributed by atoms with Crippen LogP contribution in [0.1, 0.15) is 25.3 Å². The van der Waals surface area contributed by atoms with Crippen LogP contribution < -0.4 is 21.1 Å².